The molecule has 1 aliphatic carbocycles. The average molecular weight is 694 g/mol. The lowest BCUT2D eigenvalue weighted by molar-refractivity contribution is 0.418. The van der Waals surface area contributed by atoms with Crippen LogP contribution in [0.25, 0.3) is 22.3 Å². The third-order valence-electron chi connectivity index (χ3n) is 11.6. The fourth-order valence-electron chi connectivity index (χ4n) is 9.06. The highest BCUT2D eigenvalue weighted by atomic mass is 16.5. The molecule has 0 fully saturated rings. The zero-order chi connectivity index (χ0) is 36.3. The lowest BCUT2D eigenvalue weighted by Crippen LogP contribution is -2.28. The van der Waals surface area contributed by atoms with Crippen LogP contribution in [-0.2, 0) is 10.8 Å². The van der Waals surface area contributed by atoms with E-state index in [2.05, 4.69) is 213 Å². The van der Waals surface area contributed by atoms with Gasteiger partial charge < -0.3 is 9.64 Å². The minimum atomic E-state index is -0.436. The van der Waals surface area contributed by atoms with Crippen LogP contribution in [-0.4, -0.2) is 0 Å². The monoisotopic (exact) mass is 693 g/mol. The molecule has 0 atom stereocenters. The number of ether oxygens (including phenoxy) is 1. The van der Waals surface area contributed by atoms with Crippen LogP contribution in [0.2, 0.25) is 0 Å². The molecule has 1 heterocycles. The molecule has 2 heteroatoms. The molecule has 8 aromatic carbocycles. The second-order valence-corrected chi connectivity index (χ2v) is 14.9. The first kappa shape index (κ1) is 32.0. The second kappa shape index (κ2) is 12.5. The van der Waals surface area contributed by atoms with E-state index in [0.29, 0.717) is 0 Å². The Bertz CT molecular complexity index is 2610. The fraction of sp³-hybridized carbons (Fsp3) is 0.0769. The Balaban J connectivity index is 1.08. The zero-order valence-electron chi connectivity index (χ0n) is 30.4. The molecule has 0 unspecified atom stereocenters. The highest BCUT2D eigenvalue weighted by Crippen LogP contribution is 2.56. The first-order chi connectivity index (χ1) is 26.5. The number of hydrogen-bond donors (Lipinski definition) is 0. The van der Waals surface area contributed by atoms with Gasteiger partial charge in [0.15, 0.2) is 0 Å². The van der Waals surface area contributed by atoms with Crippen LogP contribution in [0.15, 0.2) is 200 Å². The van der Waals surface area contributed by atoms with E-state index in [9.17, 15) is 0 Å². The van der Waals surface area contributed by atoms with E-state index in [-0.39, 0.29) is 5.41 Å². The van der Waals surface area contributed by atoms with Gasteiger partial charge >= 0.3 is 0 Å². The topological polar surface area (TPSA) is 12.5 Å². The van der Waals surface area contributed by atoms with Gasteiger partial charge in [0.2, 0.25) is 0 Å². The van der Waals surface area contributed by atoms with E-state index in [0.717, 1.165) is 39.7 Å². The van der Waals surface area contributed by atoms with Crippen molar-refractivity contribution in [3.8, 4) is 33.8 Å². The summed E-state index contributed by atoms with van der Waals surface area (Å²) in [4.78, 5) is 2.35. The number of benzene rings is 8. The molecule has 0 amide bonds. The van der Waals surface area contributed by atoms with E-state index < -0.39 is 5.41 Å². The molecule has 2 nitrogen and oxygen atoms in total. The van der Waals surface area contributed by atoms with Gasteiger partial charge in [0, 0.05) is 33.6 Å². The Morgan fingerprint density at radius 1 is 0.370 bits per heavy atom. The Morgan fingerprint density at radius 3 is 1.59 bits per heavy atom. The third kappa shape index (κ3) is 4.87. The Labute approximate surface area is 317 Å². The normalized spacial score (nSPS) is 14.2. The molecule has 10 rings (SSSR count). The van der Waals surface area contributed by atoms with E-state index in [1.807, 2.05) is 6.07 Å². The van der Waals surface area contributed by atoms with Crippen LogP contribution in [0.3, 0.4) is 0 Å². The molecule has 0 saturated heterocycles. The maximum absolute atomic E-state index is 6.52. The summed E-state index contributed by atoms with van der Waals surface area (Å²) in [5.74, 6) is 1.85. The lowest BCUT2D eigenvalue weighted by Gasteiger charge is -2.34. The van der Waals surface area contributed by atoms with Crippen LogP contribution < -0.4 is 9.64 Å². The van der Waals surface area contributed by atoms with E-state index in [4.69, 9.17) is 4.74 Å². The predicted octanol–water partition coefficient (Wildman–Crippen LogP) is 13.6. The molecule has 0 saturated carbocycles. The number of rotatable bonds is 6. The van der Waals surface area contributed by atoms with Crippen molar-refractivity contribution in [2.75, 3.05) is 4.90 Å². The first-order valence-corrected chi connectivity index (χ1v) is 18.8. The number of hydrogen-bond acceptors (Lipinski definition) is 2. The van der Waals surface area contributed by atoms with Crippen molar-refractivity contribution >= 4 is 17.1 Å². The molecule has 8 aromatic rings. The summed E-state index contributed by atoms with van der Waals surface area (Å²) < 4.78 is 6.52. The van der Waals surface area contributed by atoms with Crippen molar-refractivity contribution < 1.29 is 4.74 Å². The minimum absolute atomic E-state index is 0.150. The molecular formula is C52H39NO. The molecule has 1 aliphatic heterocycles. The van der Waals surface area contributed by atoms with Crippen molar-refractivity contribution in [2.45, 2.75) is 24.7 Å². The van der Waals surface area contributed by atoms with Gasteiger partial charge in [-0.2, -0.15) is 0 Å². The zero-order valence-corrected chi connectivity index (χ0v) is 30.4. The number of nitrogens with zero attached hydrogens (tertiary/aromatic N) is 1. The Kier molecular flexibility index (Phi) is 7.42. The van der Waals surface area contributed by atoms with E-state index >= 15 is 0 Å². The van der Waals surface area contributed by atoms with Gasteiger partial charge in [0.25, 0.3) is 0 Å². The van der Waals surface area contributed by atoms with Crippen molar-refractivity contribution in [1.29, 1.82) is 0 Å². The SMILES string of the molecule is CC1(C)c2ccccc2Oc2cc(-c3cccc(N(c4ccccc4)c4ccc(C5(c6ccccc6)c6ccccc6-c6ccccc65)cc4)c3)ccc21. The standard InChI is InChI=1S/C52H39NO/c1-51(2)47-26-13-14-27-49(47)54-50-35-37(28-33-48(50)51)36-16-15-21-42(34-36)53(40-19-7-4-8-20-40)41-31-29-39(30-32-41)52(38-17-5-3-6-18-38)45-24-11-9-22-43(45)44-23-10-12-25-46(44)52/h3-35H,1-2H3. The summed E-state index contributed by atoms with van der Waals surface area (Å²) in [5, 5.41) is 0. The van der Waals surface area contributed by atoms with Gasteiger partial charge in [-0.15, -0.1) is 0 Å². The maximum Gasteiger partial charge on any atom is 0.132 e. The average Bonchev–Trinajstić information content (AvgIpc) is 3.53. The third-order valence-corrected chi connectivity index (χ3v) is 11.6. The largest absolute Gasteiger partial charge is 0.457 e. The highest BCUT2D eigenvalue weighted by Gasteiger charge is 2.45. The van der Waals surface area contributed by atoms with Crippen LogP contribution in [0.1, 0.15) is 47.2 Å². The van der Waals surface area contributed by atoms with Gasteiger partial charge in [-0.05, 0) is 93.0 Å². The summed E-state index contributed by atoms with van der Waals surface area (Å²) in [6.07, 6.45) is 0. The van der Waals surface area contributed by atoms with Crippen molar-refractivity contribution in [1.82, 2.24) is 0 Å². The van der Waals surface area contributed by atoms with Crippen LogP contribution >= 0.6 is 0 Å². The maximum atomic E-state index is 6.52. The molecule has 0 aromatic heterocycles. The summed E-state index contributed by atoms with van der Waals surface area (Å²) in [6, 6.07) is 72.6. The molecule has 2 aliphatic rings. The van der Waals surface area contributed by atoms with Gasteiger partial charge in [-0.1, -0.05) is 166 Å². The summed E-state index contributed by atoms with van der Waals surface area (Å²) in [6.45, 7) is 4.56. The Hall–Kier alpha value is -6.64. The van der Waals surface area contributed by atoms with Crippen molar-refractivity contribution in [2.24, 2.45) is 0 Å². The van der Waals surface area contributed by atoms with Gasteiger partial charge in [0.1, 0.15) is 11.5 Å². The van der Waals surface area contributed by atoms with E-state index in [1.54, 1.807) is 0 Å². The molecular weight excluding hydrogens is 655 g/mol. The predicted molar refractivity (Wildman–Crippen MR) is 223 cm³/mol. The Morgan fingerprint density at radius 2 is 0.889 bits per heavy atom. The second-order valence-electron chi connectivity index (χ2n) is 14.9. The van der Waals surface area contributed by atoms with Crippen LogP contribution in [0, 0.1) is 0 Å². The van der Waals surface area contributed by atoms with Crippen molar-refractivity contribution in [3.05, 3.63) is 234 Å². The van der Waals surface area contributed by atoms with E-state index in [1.165, 1.54) is 44.5 Å². The lowest BCUT2D eigenvalue weighted by atomic mass is 9.68. The van der Waals surface area contributed by atoms with Gasteiger partial charge in [-0.25, -0.2) is 0 Å². The smallest absolute Gasteiger partial charge is 0.132 e. The quantitative estimate of drug-likeness (QED) is 0.172. The van der Waals surface area contributed by atoms with Crippen molar-refractivity contribution in [3.63, 3.8) is 0 Å². The molecule has 0 bridgehead atoms. The minimum Gasteiger partial charge on any atom is -0.457 e. The number of para-hydroxylation sites is 2. The molecule has 0 N–H and O–H groups in total. The summed E-state index contributed by atoms with van der Waals surface area (Å²) >= 11 is 0. The number of anilines is 3. The summed E-state index contributed by atoms with van der Waals surface area (Å²) in [7, 11) is 0. The molecule has 0 spiro atoms. The number of fused-ring (bicyclic) bond motifs is 5. The van der Waals surface area contributed by atoms with Gasteiger partial charge in [0.05, 0.1) is 5.41 Å². The molecule has 258 valence electrons. The first-order valence-electron chi connectivity index (χ1n) is 18.8. The highest BCUT2D eigenvalue weighted by molar-refractivity contribution is 5.87. The molecule has 54 heavy (non-hydrogen) atoms. The molecule has 0 radical (unpaired) electrons. The van der Waals surface area contributed by atoms with Crippen LogP contribution in [0.5, 0.6) is 11.5 Å². The van der Waals surface area contributed by atoms with Gasteiger partial charge in [-0.3, -0.25) is 0 Å². The van der Waals surface area contributed by atoms with Crippen LogP contribution in [0.4, 0.5) is 17.1 Å². The summed E-state index contributed by atoms with van der Waals surface area (Å²) in [5.41, 5.74) is 15.1. The fourth-order valence-corrected chi connectivity index (χ4v) is 9.06.